The average molecular weight is 449 g/mol. The summed E-state index contributed by atoms with van der Waals surface area (Å²) in [4.78, 5) is 8.75. The van der Waals surface area contributed by atoms with Gasteiger partial charge in [-0.05, 0) is 31.2 Å². The van der Waals surface area contributed by atoms with E-state index in [1.807, 2.05) is 11.3 Å². The SMILES string of the molecule is CCNC(=NCC(C)c1cccs1)N1CCC2(CCOC2)C1.I. The first-order valence-corrected chi connectivity index (χ1v) is 9.25. The Morgan fingerprint density at radius 2 is 2.39 bits per heavy atom. The lowest BCUT2D eigenvalue weighted by Crippen LogP contribution is -2.41. The molecule has 2 atom stereocenters. The Bertz CT molecular complexity index is 500. The molecule has 6 heteroatoms. The molecule has 2 aliphatic heterocycles. The summed E-state index contributed by atoms with van der Waals surface area (Å²) < 4.78 is 5.63. The zero-order chi connectivity index (χ0) is 15.4. The summed E-state index contributed by atoms with van der Waals surface area (Å²) >= 11 is 1.82. The molecule has 23 heavy (non-hydrogen) atoms. The summed E-state index contributed by atoms with van der Waals surface area (Å²) in [6, 6.07) is 4.33. The third-order valence-electron chi connectivity index (χ3n) is 4.80. The van der Waals surface area contributed by atoms with Crippen molar-refractivity contribution in [2.45, 2.75) is 32.6 Å². The normalized spacial score (nSPS) is 25.7. The van der Waals surface area contributed by atoms with Gasteiger partial charge < -0.3 is 15.0 Å². The molecular weight excluding hydrogens is 421 g/mol. The van der Waals surface area contributed by atoms with Crippen LogP contribution < -0.4 is 5.32 Å². The van der Waals surface area contributed by atoms with Gasteiger partial charge in [0.1, 0.15) is 0 Å². The van der Waals surface area contributed by atoms with Crippen LogP contribution in [0.4, 0.5) is 0 Å². The Hall–Kier alpha value is -0.340. The summed E-state index contributed by atoms with van der Waals surface area (Å²) in [6.45, 7) is 10.2. The van der Waals surface area contributed by atoms with Gasteiger partial charge in [-0.25, -0.2) is 0 Å². The molecule has 1 spiro atoms. The average Bonchev–Trinajstić information content (AvgIpc) is 3.27. The van der Waals surface area contributed by atoms with Gasteiger partial charge in [0.15, 0.2) is 5.96 Å². The van der Waals surface area contributed by atoms with Crippen molar-refractivity contribution in [3.63, 3.8) is 0 Å². The number of nitrogens with one attached hydrogen (secondary N) is 1. The van der Waals surface area contributed by atoms with E-state index in [4.69, 9.17) is 9.73 Å². The van der Waals surface area contributed by atoms with E-state index < -0.39 is 0 Å². The Labute approximate surface area is 160 Å². The van der Waals surface area contributed by atoms with Crippen molar-refractivity contribution in [3.05, 3.63) is 22.4 Å². The first-order chi connectivity index (χ1) is 10.7. The number of rotatable bonds is 4. The third kappa shape index (κ3) is 4.60. The zero-order valence-corrected chi connectivity index (χ0v) is 17.2. The molecule has 0 radical (unpaired) electrons. The van der Waals surface area contributed by atoms with Crippen LogP contribution in [0.3, 0.4) is 0 Å². The highest BCUT2D eigenvalue weighted by Gasteiger charge is 2.42. The van der Waals surface area contributed by atoms with E-state index in [2.05, 4.69) is 41.6 Å². The molecule has 1 aromatic rings. The first-order valence-electron chi connectivity index (χ1n) is 8.37. The minimum Gasteiger partial charge on any atom is -0.381 e. The van der Waals surface area contributed by atoms with E-state index in [-0.39, 0.29) is 24.0 Å². The second kappa shape index (κ2) is 8.67. The van der Waals surface area contributed by atoms with Gasteiger partial charge >= 0.3 is 0 Å². The molecule has 0 bridgehead atoms. The number of aliphatic imine (C=N–C) groups is 1. The molecule has 2 aliphatic rings. The first kappa shape index (κ1) is 19.0. The van der Waals surface area contributed by atoms with E-state index in [1.54, 1.807) is 0 Å². The summed E-state index contributed by atoms with van der Waals surface area (Å²) in [6.07, 6.45) is 2.44. The van der Waals surface area contributed by atoms with Crippen molar-refractivity contribution in [1.82, 2.24) is 10.2 Å². The predicted octanol–water partition coefficient (Wildman–Crippen LogP) is 3.55. The van der Waals surface area contributed by atoms with Gasteiger partial charge in [0.25, 0.3) is 0 Å². The number of guanidine groups is 1. The summed E-state index contributed by atoms with van der Waals surface area (Å²) in [7, 11) is 0. The maximum Gasteiger partial charge on any atom is 0.193 e. The number of ether oxygens (including phenoxy) is 1. The van der Waals surface area contributed by atoms with E-state index in [0.29, 0.717) is 11.3 Å². The fraction of sp³-hybridized carbons (Fsp3) is 0.706. The monoisotopic (exact) mass is 449 g/mol. The Morgan fingerprint density at radius 1 is 1.52 bits per heavy atom. The van der Waals surface area contributed by atoms with Gasteiger partial charge in [-0.2, -0.15) is 0 Å². The lowest BCUT2D eigenvalue weighted by molar-refractivity contribution is 0.156. The lowest BCUT2D eigenvalue weighted by Gasteiger charge is -2.25. The number of nitrogens with zero attached hydrogens (tertiary/aromatic N) is 2. The molecule has 1 aromatic heterocycles. The minimum atomic E-state index is 0. The van der Waals surface area contributed by atoms with Gasteiger partial charge in [-0.15, -0.1) is 35.3 Å². The summed E-state index contributed by atoms with van der Waals surface area (Å²) in [5.74, 6) is 1.56. The van der Waals surface area contributed by atoms with E-state index in [9.17, 15) is 0 Å². The fourth-order valence-electron chi connectivity index (χ4n) is 3.40. The molecule has 4 nitrogen and oxygen atoms in total. The maximum absolute atomic E-state index is 5.63. The van der Waals surface area contributed by atoms with Crippen LogP contribution >= 0.6 is 35.3 Å². The molecule has 2 saturated heterocycles. The Balaban J connectivity index is 0.00000192. The van der Waals surface area contributed by atoms with Crippen LogP contribution in [0.25, 0.3) is 0 Å². The molecule has 0 saturated carbocycles. The maximum atomic E-state index is 5.63. The molecule has 0 amide bonds. The van der Waals surface area contributed by atoms with Crippen molar-refractivity contribution in [3.8, 4) is 0 Å². The Morgan fingerprint density at radius 3 is 3.04 bits per heavy atom. The molecule has 130 valence electrons. The van der Waals surface area contributed by atoms with Gasteiger partial charge in [-0.1, -0.05) is 13.0 Å². The quantitative estimate of drug-likeness (QED) is 0.434. The molecular formula is C17H28IN3OS. The standard InChI is InChI=1S/C17H27N3OS.HI/c1-3-18-16(19-11-14(2)15-5-4-10-22-15)20-8-6-17(12-20)7-9-21-13-17;/h4-5,10,14H,3,6-9,11-13H2,1-2H3,(H,18,19);1H. The predicted molar refractivity (Wildman–Crippen MR) is 108 cm³/mol. The number of likely N-dealkylation sites (tertiary alicyclic amines) is 1. The van der Waals surface area contributed by atoms with Crippen molar-refractivity contribution in [1.29, 1.82) is 0 Å². The van der Waals surface area contributed by atoms with Gasteiger partial charge in [0, 0.05) is 42.5 Å². The summed E-state index contributed by atoms with van der Waals surface area (Å²) in [5, 5.41) is 5.61. The molecule has 3 rings (SSSR count). The highest BCUT2D eigenvalue weighted by atomic mass is 127. The number of hydrogen-bond donors (Lipinski definition) is 1. The van der Waals surface area contributed by atoms with Crippen molar-refractivity contribution in [2.24, 2.45) is 10.4 Å². The van der Waals surface area contributed by atoms with Crippen LogP contribution in [-0.2, 0) is 4.74 Å². The van der Waals surface area contributed by atoms with Crippen molar-refractivity contribution >= 4 is 41.3 Å². The van der Waals surface area contributed by atoms with Gasteiger partial charge in [0.2, 0.25) is 0 Å². The van der Waals surface area contributed by atoms with Crippen molar-refractivity contribution in [2.75, 3.05) is 39.4 Å². The molecule has 1 N–H and O–H groups in total. The van der Waals surface area contributed by atoms with E-state index >= 15 is 0 Å². The molecule has 2 unspecified atom stereocenters. The number of hydrogen-bond acceptors (Lipinski definition) is 3. The second-order valence-electron chi connectivity index (χ2n) is 6.59. The van der Waals surface area contributed by atoms with E-state index in [0.717, 1.165) is 45.4 Å². The zero-order valence-electron chi connectivity index (χ0n) is 14.1. The van der Waals surface area contributed by atoms with E-state index in [1.165, 1.54) is 17.7 Å². The molecule has 0 aromatic carbocycles. The number of thiophene rings is 1. The van der Waals surface area contributed by atoms with Crippen LogP contribution in [0.2, 0.25) is 0 Å². The third-order valence-corrected chi connectivity index (χ3v) is 5.91. The van der Waals surface area contributed by atoms with Crippen LogP contribution in [0, 0.1) is 5.41 Å². The smallest absolute Gasteiger partial charge is 0.193 e. The molecule has 3 heterocycles. The van der Waals surface area contributed by atoms with Gasteiger partial charge in [0.05, 0.1) is 13.2 Å². The van der Waals surface area contributed by atoms with Crippen LogP contribution in [-0.4, -0.2) is 50.3 Å². The topological polar surface area (TPSA) is 36.9 Å². The molecule has 2 fully saturated rings. The highest BCUT2D eigenvalue weighted by molar-refractivity contribution is 14.0. The molecule has 0 aliphatic carbocycles. The number of halogens is 1. The van der Waals surface area contributed by atoms with Gasteiger partial charge in [-0.3, -0.25) is 4.99 Å². The fourth-order valence-corrected chi connectivity index (χ4v) is 4.18. The largest absolute Gasteiger partial charge is 0.381 e. The van der Waals surface area contributed by atoms with Crippen LogP contribution in [0.15, 0.2) is 22.5 Å². The van der Waals surface area contributed by atoms with Crippen molar-refractivity contribution < 1.29 is 4.74 Å². The van der Waals surface area contributed by atoms with Crippen LogP contribution in [0.5, 0.6) is 0 Å². The summed E-state index contributed by atoms with van der Waals surface area (Å²) in [5.41, 5.74) is 0.384. The second-order valence-corrected chi connectivity index (χ2v) is 7.56. The van der Waals surface area contributed by atoms with Crippen LogP contribution in [0.1, 0.15) is 37.5 Å². The lowest BCUT2D eigenvalue weighted by atomic mass is 9.87. The highest BCUT2D eigenvalue weighted by Crippen LogP contribution is 2.38. The Kier molecular flexibility index (Phi) is 7.16. The minimum absolute atomic E-state index is 0.